The molecule has 1 N–H and O–H groups in total. The van der Waals surface area contributed by atoms with Gasteiger partial charge in [0, 0.05) is 6.42 Å². The van der Waals surface area contributed by atoms with Crippen LogP contribution in [0.25, 0.3) is 0 Å². The molecule has 0 aliphatic carbocycles. The maximum absolute atomic E-state index is 10.0. The van der Waals surface area contributed by atoms with E-state index in [9.17, 15) is 4.79 Å². The van der Waals surface area contributed by atoms with Crippen LogP contribution in [0.5, 0.6) is 0 Å². The van der Waals surface area contributed by atoms with Gasteiger partial charge in [-0.25, -0.2) is 0 Å². The van der Waals surface area contributed by atoms with Crippen LogP contribution in [0.4, 0.5) is 0 Å². The monoisotopic (exact) mass is 156 g/mol. The Morgan fingerprint density at radius 1 is 1.64 bits per heavy atom. The first kappa shape index (κ1) is 10.2. The highest BCUT2D eigenvalue weighted by molar-refractivity contribution is 5.49. The number of allylic oxidation sites excluding steroid dienone is 2. The SMILES string of the molecule is C/C(O)=C\CC[C@@H](C)CC=O. The number of carbonyl (C=O) groups excluding carboxylic acids is 1. The van der Waals surface area contributed by atoms with Crippen LogP contribution in [0.1, 0.15) is 33.1 Å². The van der Waals surface area contributed by atoms with Gasteiger partial charge in [0.2, 0.25) is 0 Å². The van der Waals surface area contributed by atoms with Gasteiger partial charge in [0.15, 0.2) is 0 Å². The van der Waals surface area contributed by atoms with Crippen molar-refractivity contribution in [2.75, 3.05) is 0 Å². The van der Waals surface area contributed by atoms with Crippen molar-refractivity contribution >= 4 is 6.29 Å². The lowest BCUT2D eigenvalue weighted by atomic mass is 10.0. The number of aliphatic hydroxyl groups is 1. The summed E-state index contributed by atoms with van der Waals surface area (Å²) in [5.74, 6) is 0.798. The number of hydrogen-bond donors (Lipinski definition) is 1. The molecule has 0 aliphatic heterocycles. The van der Waals surface area contributed by atoms with Gasteiger partial charge >= 0.3 is 0 Å². The van der Waals surface area contributed by atoms with Crippen LogP contribution < -0.4 is 0 Å². The van der Waals surface area contributed by atoms with E-state index < -0.39 is 0 Å². The molecule has 2 nitrogen and oxygen atoms in total. The quantitative estimate of drug-likeness (QED) is 0.490. The third-order valence-electron chi connectivity index (χ3n) is 1.60. The number of aliphatic hydroxyl groups excluding tert-OH is 1. The summed E-state index contributed by atoms with van der Waals surface area (Å²) in [4.78, 5) is 10.0. The molecule has 0 bridgehead atoms. The third kappa shape index (κ3) is 7.10. The lowest BCUT2D eigenvalue weighted by Gasteiger charge is -2.03. The molecule has 1 atom stereocenters. The van der Waals surface area contributed by atoms with Gasteiger partial charge in [0.1, 0.15) is 6.29 Å². The topological polar surface area (TPSA) is 37.3 Å². The van der Waals surface area contributed by atoms with Gasteiger partial charge in [-0.1, -0.05) is 6.92 Å². The number of rotatable bonds is 5. The lowest BCUT2D eigenvalue weighted by Crippen LogP contribution is -1.94. The molecule has 0 unspecified atom stereocenters. The van der Waals surface area contributed by atoms with Crippen molar-refractivity contribution in [1.29, 1.82) is 0 Å². The third-order valence-corrected chi connectivity index (χ3v) is 1.60. The van der Waals surface area contributed by atoms with Crippen LogP contribution in [-0.2, 0) is 4.79 Å². The fraction of sp³-hybridized carbons (Fsp3) is 0.667. The fourth-order valence-electron chi connectivity index (χ4n) is 0.859. The number of carbonyl (C=O) groups is 1. The van der Waals surface area contributed by atoms with E-state index in [1.54, 1.807) is 13.0 Å². The summed E-state index contributed by atoms with van der Waals surface area (Å²) < 4.78 is 0. The average molecular weight is 156 g/mol. The Morgan fingerprint density at radius 3 is 2.73 bits per heavy atom. The molecule has 0 saturated carbocycles. The predicted molar refractivity (Wildman–Crippen MR) is 45.5 cm³/mol. The first-order valence-electron chi connectivity index (χ1n) is 3.96. The molecular weight excluding hydrogens is 140 g/mol. The van der Waals surface area contributed by atoms with Gasteiger partial charge in [0.05, 0.1) is 5.76 Å². The molecule has 64 valence electrons. The Hall–Kier alpha value is -0.790. The van der Waals surface area contributed by atoms with E-state index in [0.717, 1.165) is 19.1 Å². The average Bonchev–Trinajstić information content (AvgIpc) is 1.87. The Balaban J connectivity index is 3.38. The van der Waals surface area contributed by atoms with Crippen molar-refractivity contribution in [3.05, 3.63) is 11.8 Å². The standard InChI is InChI=1S/C9H16O2/c1-8(6-7-10)4-3-5-9(2)11/h5,7-8,11H,3-4,6H2,1-2H3/b9-5+/t8-/m1/s1. The Labute approximate surface area is 67.9 Å². The zero-order chi connectivity index (χ0) is 8.69. The second-order valence-corrected chi connectivity index (χ2v) is 2.93. The van der Waals surface area contributed by atoms with Gasteiger partial charge < -0.3 is 9.90 Å². The summed E-state index contributed by atoms with van der Waals surface area (Å²) in [6.07, 6.45) is 5.17. The molecule has 0 aromatic carbocycles. The minimum Gasteiger partial charge on any atom is -0.513 e. The minimum atomic E-state index is 0.364. The molecule has 0 fully saturated rings. The van der Waals surface area contributed by atoms with Crippen LogP contribution in [0.15, 0.2) is 11.8 Å². The normalized spacial score (nSPS) is 14.5. The summed E-state index contributed by atoms with van der Waals surface area (Å²) in [6.45, 7) is 3.69. The van der Waals surface area contributed by atoms with Crippen molar-refractivity contribution in [3.8, 4) is 0 Å². The maximum Gasteiger partial charge on any atom is 0.120 e. The molecule has 0 spiro atoms. The van der Waals surface area contributed by atoms with Gasteiger partial charge in [0.25, 0.3) is 0 Å². The van der Waals surface area contributed by atoms with Gasteiger partial charge in [-0.05, 0) is 31.8 Å². The highest BCUT2D eigenvalue weighted by Gasteiger charge is 1.98. The van der Waals surface area contributed by atoms with E-state index in [1.165, 1.54) is 0 Å². The zero-order valence-electron chi connectivity index (χ0n) is 7.21. The maximum atomic E-state index is 10.0. The summed E-state index contributed by atoms with van der Waals surface area (Å²) in [7, 11) is 0. The Morgan fingerprint density at radius 2 is 2.27 bits per heavy atom. The molecule has 0 aromatic heterocycles. The van der Waals surface area contributed by atoms with Crippen LogP contribution in [0, 0.1) is 5.92 Å². The van der Waals surface area contributed by atoms with E-state index >= 15 is 0 Å². The smallest absolute Gasteiger partial charge is 0.120 e. The highest BCUT2D eigenvalue weighted by atomic mass is 16.3. The first-order chi connectivity index (χ1) is 5.16. The largest absolute Gasteiger partial charge is 0.513 e. The van der Waals surface area contributed by atoms with Crippen molar-refractivity contribution < 1.29 is 9.90 Å². The van der Waals surface area contributed by atoms with Gasteiger partial charge in [-0.2, -0.15) is 0 Å². The fourth-order valence-corrected chi connectivity index (χ4v) is 0.859. The Bertz CT molecular complexity index is 134. The second kappa shape index (κ2) is 5.96. The van der Waals surface area contributed by atoms with E-state index in [4.69, 9.17) is 5.11 Å². The van der Waals surface area contributed by atoms with Crippen LogP contribution in [-0.4, -0.2) is 11.4 Å². The van der Waals surface area contributed by atoms with E-state index in [0.29, 0.717) is 18.1 Å². The number of hydrogen-bond acceptors (Lipinski definition) is 2. The van der Waals surface area contributed by atoms with Crippen molar-refractivity contribution in [3.63, 3.8) is 0 Å². The van der Waals surface area contributed by atoms with Crippen LogP contribution in [0.3, 0.4) is 0 Å². The molecule has 0 aromatic rings. The molecule has 0 rings (SSSR count). The highest BCUT2D eigenvalue weighted by Crippen LogP contribution is 2.09. The molecule has 0 amide bonds. The van der Waals surface area contributed by atoms with Crippen molar-refractivity contribution in [1.82, 2.24) is 0 Å². The van der Waals surface area contributed by atoms with E-state index in [1.807, 2.05) is 6.92 Å². The molecular formula is C9H16O2. The molecule has 0 heterocycles. The zero-order valence-corrected chi connectivity index (χ0v) is 7.21. The van der Waals surface area contributed by atoms with E-state index in [2.05, 4.69) is 0 Å². The van der Waals surface area contributed by atoms with Gasteiger partial charge in [-0.3, -0.25) is 0 Å². The second-order valence-electron chi connectivity index (χ2n) is 2.93. The lowest BCUT2D eigenvalue weighted by molar-refractivity contribution is -0.108. The summed E-state index contributed by atoms with van der Waals surface area (Å²) >= 11 is 0. The summed E-state index contributed by atoms with van der Waals surface area (Å²) in [5, 5.41) is 8.79. The molecule has 0 radical (unpaired) electrons. The molecule has 0 aliphatic rings. The van der Waals surface area contributed by atoms with E-state index in [-0.39, 0.29) is 0 Å². The van der Waals surface area contributed by atoms with Crippen LogP contribution in [0.2, 0.25) is 0 Å². The summed E-state index contributed by atoms with van der Waals surface area (Å²) in [5.41, 5.74) is 0. The van der Waals surface area contributed by atoms with Gasteiger partial charge in [-0.15, -0.1) is 0 Å². The molecule has 2 heteroatoms. The predicted octanol–water partition coefficient (Wildman–Crippen LogP) is 2.45. The molecule has 11 heavy (non-hydrogen) atoms. The van der Waals surface area contributed by atoms with Crippen molar-refractivity contribution in [2.24, 2.45) is 5.92 Å². The number of aldehydes is 1. The van der Waals surface area contributed by atoms with Crippen LogP contribution >= 0.6 is 0 Å². The Kier molecular flexibility index (Phi) is 5.53. The molecule has 0 saturated heterocycles. The first-order valence-corrected chi connectivity index (χ1v) is 3.96. The van der Waals surface area contributed by atoms with Crippen molar-refractivity contribution in [2.45, 2.75) is 33.1 Å². The minimum absolute atomic E-state index is 0.364. The summed E-state index contributed by atoms with van der Waals surface area (Å²) in [6, 6.07) is 0.